The van der Waals surface area contributed by atoms with E-state index < -0.39 is 0 Å². The summed E-state index contributed by atoms with van der Waals surface area (Å²) < 4.78 is 5.59. The summed E-state index contributed by atoms with van der Waals surface area (Å²) in [5, 5.41) is 0.877. The topological polar surface area (TPSA) is 76.8 Å². The van der Waals surface area contributed by atoms with Gasteiger partial charge in [-0.05, 0) is 18.6 Å². The Bertz CT molecular complexity index is 476. The number of hydrogen-bond acceptors (Lipinski definition) is 5. The summed E-state index contributed by atoms with van der Waals surface area (Å²) in [6.07, 6.45) is 7.00. The van der Waals surface area contributed by atoms with E-state index in [1.807, 2.05) is 26.8 Å². The third-order valence-corrected chi connectivity index (χ3v) is 3.31. The summed E-state index contributed by atoms with van der Waals surface area (Å²) >= 11 is 1.59. The summed E-state index contributed by atoms with van der Waals surface area (Å²) in [5.41, 5.74) is 7.04. The van der Waals surface area contributed by atoms with Crippen LogP contribution >= 0.6 is 11.8 Å². The van der Waals surface area contributed by atoms with Crippen LogP contribution < -0.4 is 10.5 Å². The van der Waals surface area contributed by atoms with E-state index in [1.165, 1.54) is 0 Å². The summed E-state index contributed by atoms with van der Waals surface area (Å²) in [7, 11) is 0. The molecule has 0 saturated carbocycles. The van der Waals surface area contributed by atoms with Crippen LogP contribution in [0.4, 0.5) is 0 Å². The van der Waals surface area contributed by atoms with Crippen molar-refractivity contribution in [3.05, 3.63) is 36.4 Å². The molecule has 0 spiro atoms. The lowest BCUT2D eigenvalue weighted by atomic mass is 10.3. The van der Waals surface area contributed by atoms with Gasteiger partial charge in [0.1, 0.15) is 12.4 Å². The number of pyridine rings is 1. The maximum atomic E-state index is 5.97. The minimum Gasteiger partial charge on any atom is -0.490 e. The van der Waals surface area contributed by atoms with Gasteiger partial charge in [-0.2, -0.15) is 0 Å². The van der Waals surface area contributed by atoms with E-state index in [0.717, 1.165) is 22.2 Å². The molecular formula is C14H22N4OS. The van der Waals surface area contributed by atoms with Crippen LogP contribution in [0.2, 0.25) is 0 Å². The van der Waals surface area contributed by atoms with E-state index in [2.05, 4.69) is 15.0 Å². The van der Waals surface area contributed by atoms with Crippen LogP contribution in [0.25, 0.3) is 0 Å². The van der Waals surface area contributed by atoms with Crippen molar-refractivity contribution in [3.63, 3.8) is 0 Å². The maximum absolute atomic E-state index is 5.97. The van der Waals surface area contributed by atoms with Crippen LogP contribution in [-0.2, 0) is 0 Å². The zero-order valence-electron chi connectivity index (χ0n) is 12.2. The molecule has 0 aliphatic heterocycles. The quantitative estimate of drug-likeness (QED) is 0.801. The number of ether oxygens (including phenoxy) is 1. The molecule has 0 radical (unpaired) electrons. The third kappa shape index (κ3) is 6.08. The molecule has 0 bridgehead atoms. The van der Waals surface area contributed by atoms with E-state index in [-0.39, 0.29) is 6.04 Å². The first-order chi connectivity index (χ1) is 9.74. The zero-order valence-corrected chi connectivity index (χ0v) is 13.0. The second kappa shape index (κ2) is 9.39. The fourth-order valence-corrected chi connectivity index (χ4v) is 2.13. The van der Waals surface area contributed by atoms with Crippen LogP contribution in [0.1, 0.15) is 19.4 Å². The predicted octanol–water partition coefficient (Wildman–Crippen LogP) is 2.64. The average Bonchev–Trinajstić information content (AvgIpc) is 2.98. The molecular weight excluding hydrogens is 272 g/mol. The molecule has 1 unspecified atom stereocenters. The van der Waals surface area contributed by atoms with Crippen molar-refractivity contribution < 1.29 is 4.74 Å². The summed E-state index contributed by atoms with van der Waals surface area (Å²) in [6, 6.07) is 1.90. The number of nitrogens with zero attached hydrogens (tertiary/aromatic N) is 2. The van der Waals surface area contributed by atoms with Crippen LogP contribution in [0.5, 0.6) is 5.75 Å². The second-order valence-electron chi connectivity index (χ2n) is 3.97. The summed E-state index contributed by atoms with van der Waals surface area (Å²) in [4.78, 5) is 11.2. The molecule has 110 valence electrons. The van der Waals surface area contributed by atoms with E-state index in [9.17, 15) is 0 Å². The Kier molecular flexibility index (Phi) is 7.75. The monoisotopic (exact) mass is 294 g/mol. The van der Waals surface area contributed by atoms with E-state index >= 15 is 0 Å². The lowest BCUT2D eigenvalue weighted by molar-refractivity contribution is 0.296. The maximum Gasteiger partial charge on any atom is 0.165 e. The Morgan fingerprint density at radius 1 is 1.40 bits per heavy atom. The Balaban J connectivity index is 0.000000956. The first kappa shape index (κ1) is 16.5. The molecule has 0 aromatic carbocycles. The number of H-pyrrole nitrogens is 1. The van der Waals surface area contributed by atoms with E-state index in [0.29, 0.717) is 6.61 Å². The highest BCUT2D eigenvalue weighted by Crippen LogP contribution is 2.14. The van der Waals surface area contributed by atoms with E-state index in [4.69, 9.17) is 10.5 Å². The highest BCUT2D eigenvalue weighted by molar-refractivity contribution is 7.99. The average molecular weight is 294 g/mol. The number of hydrogen-bond donors (Lipinski definition) is 2. The van der Waals surface area contributed by atoms with Gasteiger partial charge in [0.25, 0.3) is 0 Å². The molecule has 2 rings (SSSR count). The molecule has 2 aromatic heterocycles. The highest BCUT2D eigenvalue weighted by atomic mass is 32.2. The lowest BCUT2D eigenvalue weighted by Gasteiger charge is -2.12. The van der Waals surface area contributed by atoms with Crippen molar-refractivity contribution >= 4 is 11.8 Å². The Hall–Kier alpha value is -1.53. The first-order valence-corrected chi connectivity index (χ1v) is 7.65. The fraction of sp³-hybridized carbons (Fsp3) is 0.429. The summed E-state index contributed by atoms with van der Waals surface area (Å²) in [5.74, 6) is 1.51. The van der Waals surface area contributed by atoms with Gasteiger partial charge in [0, 0.05) is 30.4 Å². The van der Waals surface area contributed by atoms with Crippen molar-refractivity contribution in [2.45, 2.75) is 32.0 Å². The number of nitrogens with two attached hydrogens (primary N) is 1. The van der Waals surface area contributed by atoms with Gasteiger partial charge in [-0.25, -0.2) is 4.98 Å². The molecule has 2 heterocycles. The number of aromatic nitrogens is 3. The molecule has 1 atom stereocenters. The van der Waals surface area contributed by atoms with Crippen molar-refractivity contribution in [3.8, 4) is 5.75 Å². The van der Waals surface area contributed by atoms with Gasteiger partial charge in [0.15, 0.2) is 5.16 Å². The highest BCUT2D eigenvalue weighted by Gasteiger charge is 2.06. The van der Waals surface area contributed by atoms with Gasteiger partial charge in [-0.3, -0.25) is 4.98 Å². The molecule has 0 fully saturated rings. The van der Waals surface area contributed by atoms with Crippen molar-refractivity contribution in [1.29, 1.82) is 0 Å². The SMILES string of the molecule is CC.Cc1cncc(OCC(N)CSc2ncc[nH]2)c1. The Morgan fingerprint density at radius 3 is 2.85 bits per heavy atom. The molecule has 20 heavy (non-hydrogen) atoms. The number of aryl methyl sites for hydroxylation is 1. The summed E-state index contributed by atoms with van der Waals surface area (Å²) in [6.45, 7) is 6.45. The van der Waals surface area contributed by atoms with Gasteiger partial charge < -0.3 is 15.5 Å². The standard InChI is InChI=1S/C12H16N4OS.C2H6/c1-9-4-11(6-14-5-9)17-7-10(13)8-18-12-15-2-3-16-12;1-2/h2-6,10H,7-8,13H2,1H3,(H,15,16);1-2H3. The smallest absolute Gasteiger partial charge is 0.165 e. The molecule has 0 aliphatic rings. The third-order valence-electron chi connectivity index (χ3n) is 2.22. The van der Waals surface area contributed by atoms with Gasteiger partial charge >= 0.3 is 0 Å². The van der Waals surface area contributed by atoms with Gasteiger partial charge in [0.2, 0.25) is 0 Å². The number of thioether (sulfide) groups is 1. The van der Waals surface area contributed by atoms with Gasteiger partial charge in [-0.15, -0.1) is 0 Å². The first-order valence-electron chi connectivity index (χ1n) is 6.66. The van der Waals surface area contributed by atoms with Gasteiger partial charge in [-0.1, -0.05) is 25.6 Å². The van der Waals surface area contributed by atoms with Crippen LogP contribution in [0.15, 0.2) is 36.0 Å². The molecule has 0 saturated heterocycles. The second-order valence-corrected chi connectivity index (χ2v) is 4.98. The Labute approximate surface area is 124 Å². The van der Waals surface area contributed by atoms with Crippen molar-refractivity contribution in [1.82, 2.24) is 15.0 Å². The Morgan fingerprint density at radius 2 is 2.20 bits per heavy atom. The molecule has 0 amide bonds. The van der Waals surface area contributed by atoms with Crippen LogP contribution in [0.3, 0.4) is 0 Å². The van der Waals surface area contributed by atoms with Crippen molar-refractivity contribution in [2.24, 2.45) is 5.73 Å². The minimum atomic E-state index is -0.0411. The predicted molar refractivity (Wildman–Crippen MR) is 83.1 cm³/mol. The number of rotatable bonds is 6. The largest absolute Gasteiger partial charge is 0.490 e. The van der Waals surface area contributed by atoms with Crippen LogP contribution in [0, 0.1) is 6.92 Å². The fourth-order valence-electron chi connectivity index (χ4n) is 1.37. The minimum absolute atomic E-state index is 0.0411. The lowest BCUT2D eigenvalue weighted by Crippen LogP contribution is -2.30. The zero-order chi connectivity index (χ0) is 14.8. The van der Waals surface area contributed by atoms with Gasteiger partial charge in [0.05, 0.1) is 6.20 Å². The van der Waals surface area contributed by atoms with Crippen molar-refractivity contribution in [2.75, 3.05) is 12.4 Å². The molecule has 0 aliphatic carbocycles. The number of nitrogens with one attached hydrogen (secondary N) is 1. The normalized spacial score (nSPS) is 11.4. The molecule has 5 nitrogen and oxygen atoms in total. The molecule has 2 aromatic rings. The van der Waals surface area contributed by atoms with Crippen LogP contribution in [-0.4, -0.2) is 33.4 Å². The van der Waals surface area contributed by atoms with E-state index in [1.54, 1.807) is 36.5 Å². The molecule has 6 heteroatoms. The number of imidazole rings is 1. The number of aromatic amines is 1. The molecule has 3 N–H and O–H groups in total.